The molecule has 1 aromatic carbocycles. The lowest BCUT2D eigenvalue weighted by molar-refractivity contribution is -0.133. The Morgan fingerprint density at radius 3 is 2.92 bits per heavy atom. The SMILES string of the molecule is Cc1ccc(NC(=O)CCC(=O)N2CCc3sccc3C2)c(Cl)c1. The van der Waals surface area contributed by atoms with Gasteiger partial charge in [-0.05, 0) is 48.1 Å². The van der Waals surface area contributed by atoms with Crippen molar-refractivity contribution < 1.29 is 9.59 Å². The number of aryl methyl sites for hydroxylation is 1. The van der Waals surface area contributed by atoms with E-state index in [4.69, 9.17) is 11.6 Å². The van der Waals surface area contributed by atoms with Crippen molar-refractivity contribution in [2.75, 3.05) is 11.9 Å². The number of rotatable bonds is 4. The van der Waals surface area contributed by atoms with Crippen LogP contribution in [0.2, 0.25) is 5.02 Å². The molecule has 0 unspecified atom stereocenters. The van der Waals surface area contributed by atoms with Gasteiger partial charge in [0.05, 0.1) is 10.7 Å². The van der Waals surface area contributed by atoms with Crippen LogP contribution in [-0.4, -0.2) is 23.3 Å². The molecule has 1 aliphatic heterocycles. The monoisotopic (exact) mass is 362 g/mol. The van der Waals surface area contributed by atoms with E-state index in [1.165, 1.54) is 10.4 Å². The van der Waals surface area contributed by atoms with Crippen LogP contribution in [0.15, 0.2) is 29.6 Å². The van der Waals surface area contributed by atoms with Gasteiger partial charge in [-0.15, -0.1) is 11.3 Å². The fourth-order valence-corrected chi connectivity index (χ4v) is 3.95. The third-order valence-electron chi connectivity index (χ3n) is 4.12. The van der Waals surface area contributed by atoms with Gasteiger partial charge in [-0.1, -0.05) is 17.7 Å². The van der Waals surface area contributed by atoms with Crippen molar-refractivity contribution in [1.82, 2.24) is 4.90 Å². The summed E-state index contributed by atoms with van der Waals surface area (Å²) in [5.74, 6) is -0.167. The Balaban J connectivity index is 1.50. The van der Waals surface area contributed by atoms with E-state index in [1.54, 1.807) is 23.5 Å². The summed E-state index contributed by atoms with van der Waals surface area (Å²) in [7, 11) is 0. The fourth-order valence-electron chi connectivity index (χ4n) is 2.77. The Kier molecular flexibility index (Phi) is 5.21. The summed E-state index contributed by atoms with van der Waals surface area (Å²) < 4.78 is 0. The summed E-state index contributed by atoms with van der Waals surface area (Å²) in [5.41, 5.74) is 2.85. The minimum atomic E-state index is -0.192. The van der Waals surface area contributed by atoms with Crippen molar-refractivity contribution >= 4 is 40.4 Å². The fraction of sp³-hybridized carbons (Fsp3) is 0.333. The number of fused-ring (bicyclic) bond motifs is 1. The number of benzene rings is 1. The van der Waals surface area contributed by atoms with Crippen LogP contribution < -0.4 is 5.32 Å². The molecule has 2 heterocycles. The first kappa shape index (κ1) is 17.0. The molecule has 2 aromatic rings. The van der Waals surface area contributed by atoms with E-state index in [0.717, 1.165) is 18.5 Å². The van der Waals surface area contributed by atoms with Gasteiger partial charge in [-0.2, -0.15) is 0 Å². The van der Waals surface area contributed by atoms with Crippen molar-refractivity contribution in [3.63, 3.8) is 0 Å². The zero-order valence-electron chi connectivity index (χ0n) is 13.5. The maximum Gasteiger partial charge on any atom is 0.224 e. The van der Waals surface area contributed by atoms with Gasteiger partial charge in [0.15, 0.2) is 0 Å². The number of nitrogens with one attached hydrogen (secondary N) is 1. The maximum absolute atomic E-state index is 12.3. The lowest BCUT2D eigenvalue weighted by Gasteiger charge is -2.27. The van der Waals surface area contributed by atoms with Crippen LogP contribution in [-0.2, 0) is 22.6 Å². The smallest absolute Gasteiger partial charge is 0.224 e. The Bertz CT molecular complexity index is 772. The molecule has 2 amide bonds. The van der Waals surface area contributed by atoms with Gasteiger partial charge in [0.25, 0.3) is 0 Å². The van der Waals surface area contributed by atoms with E-state index in [2.05, 4.69) is 16.8 Å². The van der Waals surface area contributed by atoms with Crippen LogP contribution >= 0.6 is 22.9 Å². The van der Waals surface area contributed by atoms with E-state index in [9.17, 15) is 9.59 Å². The van der Waals surface area contributed by atoms with Crippen molar-refractivity contribution in [2.24, 2.45) is 0 Å². The number of amides is 2. The lowest BCUT2D eigenvalue weighted by Crippen LogP contribution is -2.35. The van der Waals surface area contributed by atoms with Gasteiger partial charge >= 0.3 is 0 Å². The highest BCUT2D eigenvalue weighted by molar-refractivity contribution is 7.10. The summed E-state index contributed by atoms with van der Waals surface area (Å²) in [6, 6.07) is 7.54. The topological polar surface area (TPSA) is 49.4 Å². The summed E-state index contributed by atoms with van der Waals surface area (Å²) in [6.45, 7) is 3.33. The van der Waals surface area contributed by atoms with E-state index in [1.807, 2.05) is 17.9 Å². The van der Waals surface area contributed by atoms with Crippen LogP contribution in [0.25, 0.3) is 0 Å². The summed E-state index contributed by atoms with van der Waals surface area (Å²) in [5, 5.41) is 5.34. The largest absolute Gasteiger partial charge is 0.338 e. The number of halogens is 1. The van der Waals surface area contributed by atoms with Crippen molar-refractivity contribution in [3.8, 4) is 0 Å². The molecule has 0 spiro atoms. The predicted molar refractivity (Wildman–Crippen MR) is 97.5 cm³/mol. The first-order chi connectivity index (χ1) is 11.5. The number of anilines is 1. The molecule has 24 heavy (non-hydrogen) atoms. The van der Waals surface area contributed by atoms with Crippen LogP contribution in [0, 0.1) is 6.92 Å². The molecule has 0 aliphatic carbocycles. The van der Waals surface area contributed by atoms with Gasteiger partial charge in [-0.3, -0.25) is 9.59 Å². The Morgan fingerprint density at radius 1 is 1.29 bits per heavy atom. The van der Waals surface area contributed by atoms with Gasteiger partial charge in [-0.25, -0.2) is 0 Å². The van der Waals surface area contributed by atoms with E-state index >= 15 is 0 Å². The molecule has 1 aliphatic rings. The zero-order valence-corrected chi connectivity index (χ0v) is 15.0. The molecule has 3 rings (SSSR count). The van der Waals surface area contributed by atoms with Gasteiger partial charge in [0, 0.05) is 30.8 Å². The number of thiophene rings is 1. The molecule has 0 radical (unpaired) electrons. The van der Waals surface area contributed by atoms with Gasteiger partial charge in [0.1, 0.15) is 0 Å². The molecule has 0 atom stereocenters. The van der Waals surface area contributed by atoms with Crippen molar-refractivity contribution in [3.05, 3.63) is 50.7 Å². The Morgan fingerprint density at radius 2 is 2.12 bits per heavy atom. The first-order valence-electron chi connectivity index (χ1n) is 7.92. The molecule has 1 aromatic heterocycles. The summed E-state index contributed by atoms with van der Waals surface area (Å²) in [6.07, 6.45) is 1.29. The highest BCUT2D eigenvalue weighted by Gasteiger charge is 2.21. The van der Waals surface area contributed by atoms with Crippen molar-refractivity contribution in [2.45, 2.75) is 32.7 Å². The van der Waals surface area contributed by atoms with Gasteiger partial charge < -0.3 is 10.2 Å². The molecule has 6 heteroatoms. The summed E-state index contributed by atoms with van der Waals surface area (Å²) >= 11 is 7.85. The first-order valence-corrected chi connectivity index (χ1v) is 9.17. The van der Waals surface area contributed by atoms with E-state index < -0.39 is 0 Å². The molecule has 0 saturated heterocycles. The predicted octanol–water partition coefficient (Wildman–Crippen LogP) is 4.01. The number of nitrogens with zero attached hydrogens (tertiary/aromatic N) is 1. The zero-order chi connectivity index (χ0) is 17.1. The molecule has 0 bridgehead atoms. The molecule has 0 saturated carbocycles. The second-order valence-electron chi connectivity index (χ2n) is 5.97. The Labute approximate surface area is 150 Å². The molecular weight excluding hydrogens is 344 g/mol. The number of carbonyl (C=O) groups excluding carboxylic acids is 2. The highest BCUT2D eigenvalue weighted by atomic mass is 35.5. The quantitative estimate of drug-likeness (QED) is 0.893. The number of hydrogen-bond donors (Lipinski definition) is 1. The number of hydrogen-bond acceptors (Lipinski definition) is 3. The van der Waals surface area contributed by atoms with Crippen LogP contribution in [0.5, 0.6) is 0 Å². The normalized spacial score (nSPS) is 13.5. The second kappa shape index (κ2) is 7.36. The standard InChI is InChI=1S/C18H19ClN2O2S/c1-12-2-3-15(14(19)10-12)20-17(22)4-5-18(23)21-8-6-16-13(11-21)7-9-24-16/h2-3,7,9-10H,4-6,8,11H2,1H3,(H,20,22). The maximum atomic E-state index is 12.3. The molecule has 1 N–H and O–H groups in total. The average molecular weight is 363 g/mol. The van der Waals surface area contributed by atoms with Crippen LogP contribution in [0.3, 0.4) is 0 Å². The number of carbonyl (C=O) groups is 2. The molecular formula is C18H19ClN2O2S. The minimum absolute atomic E-state index is 0.0250. The van der Waals surface area contributed by atoms with Crippen LogP contribution in [0.1, 0.15) is 28.8 Å². The second-order valence-corrected chi connectivity index (χ2v) is 7.37. The van der Waals surface area contributed by atoms with Crippen LogP contribution in [0.4, 0.5) is 5.69 Å². The average Bonchev–Trinajstić information content (AvgIpc) is 3.03. The third-order valence-corrected chi connectivity index (χ3v) is 5.46. The van der Waals surface area contributed by atoms with Crippen molar-refractivity contribution in [1.29, 1.82) is 0 Å². The summed E-state index contributed by atoms with van der Waals surface area (Å²) in [4.78, 5) is 27.6. The molecule has 126 valence electrons. The van der Waals surface area contributed by atoms with Gasteiger partial charge in [0.2, 0.25) is 11.8 Å². The molecule has 0 fully saturated rings. The van der Waals surface area contributed by atoms with E-state index in [0.29, 0.717) is 17.3 Å². The lowest BCUT2D eigenvalue weighted by atomic mass is 10.1. The highest BCUT2D eigenvalue weighted by Crippen LogP contribution is 2.25. The minimum Gasteiger partial charge on any atom is -0.338 e. The molecule has 4 nitrogen and oxygen atoms in total. The third kappa shape index (κ3) is 3.97. The van der Waals surface area contributed by atoms with E-state index in [-0.39, 0.29) is 24.7 Å². The Hall–Kier alpha value is -1.85.